The Hall–Kier alpha value is -1.84. The van der Waals surface area contributed by atoms with Gasteiger partial charge in [0, 0.05) is 33.1 Å². The molecule has 9 heteroatoms. The smallest absolute Gasteiger partial charge is 0.281 e. The van der Waals surface area contributed by atoms with E-state index in [1.807, 2.05) is 25.1 Å². The average Bonchev–Trinajstić information content (AvgIpc) is 2.67. The van der Waals surface area contributed by atoms with Crippen molar-refractivity contribution in [1.82, 2.24) is 13.9 Å². The van der Waals surface area contributed by atoms with E-state index in [0.717, 1.165) is 11.3 Å². The fraction of sp³-hybridized carbons (Fsp3) is 0.611. The topological polar surface area (TPSA) is 88.2 Å². The number of hydrogen-bond donors (Lipinski definition) is 1. The molecule has 0 aromatic heterocycles. The number of benzene rings is 1. The molecule has 150 valence electrons. The minimum atomic E-state index is -3.41. The molecule has 1 amide bonds. The zero-order valence-corrected chi connectivity index (χ0v) is 16.8. The molecule has 1 aromatic rings. The Labute approximate surface area is 160 Å². The summed E-state index contributed by atoms with van der Waals surface area (Å²) in [6, 6.07) is 5.50. The number of nitrogens with one attached hydrogen (secondary N) is 1. The Bertz CT molecular complexity index is 788. The van der Waals surface area contributed by atoms with Gasteiger partial charge < -0.3 is 14.8 Å². The van der Waals surface area contributed by atoms with Gasteiger partial charge in [-0.2, -0.15) is 17.0 Å². The summed E-state index contributed by atoms with van der Waals surface area (Å²) in [6.45, 7) is 3.70. The van der Waals surface area contributed by atoms with Gasteiger partial charge in [-0.1, -0.05) is 6.07 Å². The van der Waals surface area contributed by atoms with Gasteiger partial charge in [0.05, 0.1) is 6.04 Å². The maximum Gasteiger partial charge on any atom is 0.281 e. The fourth-order valence-corrected chi connectivity index (χ4v) is 4.46. The number of amides is 1. The highest BCUT2D eigenvalue weighted by Crippen LogP contribution is 2.32. The van der Waals surface area contributed by atoms with Crippen molar-refractivity contribution >= 4 is 16.1 Å². The molecule has 1 aromatic carbocycles. The number of nitrogens with zero attached hydrogens (tertiary/aromatic N) is 2. The first-order valence-electron chi connectivity index (χ1n) is 9.16. The number of carbonyl (C=O) groups is 1. The Morgan fingerprint density at radius 3 is 2.44 bits per heavy atom. The Balaban J connectivity index is 1.57. The lowest BCUT2D eigenvalue weighted by Crippen LogP contribution is -2.47. The van der Waals surface area contributed by atoms with E-state index in [-0.39, 0.29) is 17.9 Å². The molecule has 0 spiro atoms. The molecule has 2 heterocycles. The largest absolute Gasteiger partial charge is 0.486 e. The van der Waals surface area contributed by atoms with Crippen LogP contribution in [0.15, 0.2) is 18.2 Å². The molecule has 0 bridgehead atoms. The third-order valence-electron chi connectivity index (χ3n) is 5.04. The van der Waals surface area contributed by atoms with Gasteiger partial charge in [0.2, 0.25) is 5.91 Å². The summed E-state index contributed by atoms with van der Waals surface area (Å²) in [6.07, 6.45) is 1.04. The van der Waals surface area contributed by atoms with Crippen LogP contribution in [0.25, 0.3) is 0 Å². The summed E-state index contributed by atoms with van der Waals surface area (Å²) in [5.41, 5.74) is 0.945. The van der Waals surface area contributed by atoms with Crippen LogP contribution in [0.3, 0.4) is 0 Å². The molecular formula is C18H27N3O5S. The molecular weight excluding hydrogens is 370 g/mol. The maximum atomic E-state index is 12.6. The van der Waals surface area contributed by atoms with E-state index in [0.29, 0.717) is 44.9 Å². The van der Waals surface area contributed by atoms with Gasteiger partial charge in [-0.05, 0) is 37.5 Å². The summed E-state index contributed by atoms with van der Waals surface area (Å²) >= 11 is 0. The van der Waals surface area contributed by atoms with E-state index < -0.39 is 10.2 Å². The standard InChI is InChI=1S/C18H27N3O5S/c1-13(15-4-5-16-17(12-15)26-11-10-25-16)19-18(22)14-6-8-21(9-7-14)27(23,24)20(2)3/h4-5,12-14H,6-11H2,1-3H3,(H,19,22)/t13-/m1/s1. The van der Waals surface area contributed by atoms with Crippen LogP contribution in [0.2, 0.25) is 0 Å². The minimum absolute atomic E-state index is 0.0423. The lowest BCUT2D eigenvalue weighted by atomic mass is 9.96. The third-order valence-corrected chi connectivity index (χ3v) is 6.98. The van der Waals surface area contributed by atoms with Crippen LogP contribution in [-0.4, -0.2) is 63.3 Å². The monoisotopic (exact) mass is 397 g/mol. The molecule has 3 rings (SSSR count). The molecule has 0 saturated carbocycles. The first-order valence-corrected chi connectivity index (χ1v) is 10.6. The minimum Gasteiger partial charge on any atom is -0.486 e. The van der Waals surface area contributed by atoms with Crippen molar-refractivity contribution in [3.63, 3.8) is 0 Å². The molecule has 8 nitrogen and oxygen atoms in total. The quantitative estimate of drug-likeness (QED) is 0.805. The SMILES string of the molecule is C[C@@H](NC(=O)C1CCN(S(=O)(=O)N(C)C)CC1)c1ccc2c(c1)OCCO2. The van der Waals surface area contributed by atoms with Crippen molar-refractivity contribution in [3.05, 3.63) is 23.8 Å². The number of fused-ring (bicyclic) bond motifs is 1. The van der Waals surface area contributed by atoms with Crippen molar-refractivity contribution in [2.24, 2.45) is 5.92 Å². The number of rotatable bonds is 5. The fourth-order valence-electron chi connectivity index (χ4n) is 3.32. The highest BCUT2D eigenvalue weighted by molar-refractivity contribution is 7.86. The molecule has 0 aliphatic carbocycles. The van der Waals surface area contributed by atoms with Crippen LogP contribution in [-0.2, 0) is 15.0 Å². The van der Waals surface area contributed by atoms with Gasteiger partial charge in [-0.25, -0.2) is 0 Å². The number of hydrogen-bond acceptors (Lipinski definition) is 5. The average molecular weight is 397 g/mol. The molecule has 1 saturated heterocycles. The van der Waals surface area contributed by atoms with Crippen molar-refractivity contribution in [1.29, 1.82) is 0 Å². The van der Waals surface area contributed by atoms with Crippen LogP contribution in [0, 0.1) is 5.92 Å². The van der Waals surface area contributed by atoms with Crippen molar-refractivity contribution in [3.8, 4) is 11.5 Å². The summed E-state index contributed by atoms with van der Waals surface area (Å²) < 4.78 is 38.1. The number of piperidine rings is 1. The third kappa shape index (κ3) is 4.36. The first-order chi connectivity index (χ1) is 12.8. The predicted molar refractivity (Wildman–Crippen MR) is 101 cm³/mol. The molecule has 1 N–H and O–H groups in total. The van der Waals surface area contributed by atoms with Crippen LogP contribution in [0.5, 0.6) is 11.5 Å². The Morgan fingerprint density at radius 1 is 1.19 bits per heavy atom. The summed E-state index contributed by atoms with van der Waals surface area (Å²) in [5.74, 6) is 1.19. The van der Waals surface area contributed by atoms with Crippen LogP contribution < -0.4 is 14.8 Å². The lowest BCUT2D eigenvalue weighted by Gasteiger charge is -2.32. The normalized spacial score (nSPS) is 19.7. The zero-order chi connectivity index (χ0) is 19.6. The highest BCUT2D eigenvalue weighted by atomic mass is 32.2. The Morgan fingerprint density at radius 2 is 1.81 bits per heavy atom. The zero-order valence-electron chi connectivity index (χ0n) is 16.0. The summed E-state index contributed by atoms with van der Waals surface area (Å²) in [5, 5.41) is 3.04. The van der Waals surface area contributed by atoms with Gasteiger partial charge in [0.1, 0.15) is 13.2 Å². The van der Waals surface area contributed by atoms with Gasteiger partial charge in [0.15, 0.2) is 11.5 Å². The maximum absolute atomic E-state index is 12.6. The molecule has 0 radical (unpaired) electrons. The van der Waals surface area contributed by atoms with E-state index in [1.54, 1.807) is 0 Å². The van der Waals surface area contributed by atoms with E-state index in [4.69, 9.17) is 9.47 Å². The number of ether oxygens (including phenoxy) is 2. The van der Waals surface area contributed by atoms with Crippen molar-refractivity contribution in [2.45, 2.75) is 25.8 Å². The van der Waals surface area contributed by atoms with Gasteiger partial charge in [-0.3, -0.25) is 4.79 Å². The van der Waals surface area contributed by atoms with Crippen LogP contribution in [0.1, 0.15) is 31.4 Å². The molecule has 1 atom stereocenters. The lowest BCUT2D eigenvalue weighted by molar-refractivity contribution is -0.126. The predicted octanol–water partition coefficient (Wildman–Crippen LogP) is 1.15. The molecule has 1 fully saturated rings. The van der Waals surface area contributed by atoms with Crippen LogP contribution >= 0.6 is 0 Å². The van der Waals surface area contributed by atoms with E-state index in [9.17, 15) is 13.2 Å². The van der Waals surface area contributed by atoms with Crippen molar-refractivity contribution < 1.29 is 22.7 Å². The second kappa shape index (κ2) is 8.04. The second-order valence-electron chi connectivity index (χ2n) is 7.10. The molecule has 27 heavy (non-hydrogen) atoms. The van der Waals surface area contributed by atoms with Gasteiger partial charge in [0.25, 0.3) is 10.2 Å². The van der Waals surface area contributed by atoms with Crippen molar-refractivity contribution in [2.75, 3.05) is 40.4 Å². The van der Waals surface area contributed by atoms with Crippen LogP contribution in [0.4, 0.5) is 0 Å². The number of carbonyl (C=O) groups excluding carboxylic acids is 1. The van der Waals surface area contributed by atoms with E-state index in [2.05, 4.69) is 5.32 Å². The molecule has 0 unspecified atom stereocenters. The molecule has 2 aliphatic rings. The van der Waals surface area contributed by atoms with E-state index in [1.165, 1.54) is 22.7 Å². The highest BCUT2D eigenvalue weighted by Gasteiger charge is 2.32. The Kier molecular flexibility index (Phi) is 5.92. The molecule has 2 aliphatic heterocycles. The van der Waals surface area contributed by atoms with E-state index >= 15 is 0 Å². The summed E-state index contributed by atoms with van der Waals surface area (Å²) in [4.78, 5) is 12.6. The first kappa shape index (κ1) is 19.9. The van der Waals surface area contributed by atoms with Gasteiger partial charge in [-0.15, -0.1) is 0 Å². The summed E-state index contributed by atoms with van der Waals surface area (Å²) in [7, 11) is -0.381. The second-order valence-corrected chi connectivity index (χ2v) is 9.24. The van der Waals surface area contributed by atoms with Gasteiger partial charge >= 0.3 is 0 Å².